The second-order valence-electron chi connectivity index (χ2n) is 5.64. The molecule has 1 aliphatic rings. The predicted molar refractivity (Wildman–Crippen MR) is 68.6 cm³/mol. The summed E-state index contributed by atoms with van der Waals surface area (Å²) < 4.78 is 10.1. The van der Waals surface area contributed by atoms with Crippen LogP contribution in [0.4, 0.5) is 4.79 Å². The predicted octanol–water partition coefficient (Wildman–Crippen LogP) is 1.17. The van der Waals surface area contributed by atoms with Crippen LogP contribution in [0.3, 0.4) is 0 Å². The number of carbonyl (C=O) groups excluding carboxylic acids is 2. The summed E-state index contributed by atoms with van der Waals surface area (Å²) in [7, 11) is 0. The molecule has 1 amide bonds. The molecule has 19 heavy (non-hydrogen) atoms. The van der Waals surface area contributed by atoms with E-state index in [1.165, 1.54) is 4.90 Å². The summed E-state index contributed by atoms with van der Waals surface area (Å²) >= 11 is 0. The van der Waals surface area contributed by atoms with Crippen molar-refractivity contribution < 1.29 is 24.2 Å². The zero-order chi connectivity index (χ0) is 14.6. The number of ether oxygens (including phenoxy) is 2. The molecule has 0 aromatic heterocycles. The van der Waals surface area contributed by atoms with E-state index < -0.39 is 29.7 Å². The van der Waals surface area contributed by atoms with Crippen molar-refractivity contribution in [1.29, 1.82) is 0 Å². The Morgan fingerprint density at radius 2 is 2.00 bits per heavy atom. The molecule has 0 unspecified atom stereocenters. The molecule has 0 aliphatic carbocycles. The molecule has 6 heteroatoms. The van der Waals surface area contributed by atoms with Crippen LogP contribution in [0.2, 0.25) is 0 Å². The lowest BCUT2D eigenvalue weighted by atomic mass is 9.94. The van der Waals surface area contributed by atoms with Gasteiger partial charge in [0, 0.05) is 6.54 Å². The summed E-state index contributed by atoms with van der Waals surface area (Å²) in [4.78, 5) is 24.9. The molecule has 0 bridgehead atoms. The van der Waals surface area contributed by atoms with Crippen LogP contribution in [0.1, 0.15) is 34.1 Å². The smallest absolute Gasteiger partial charge is 0.410 e. The van der Waals surface area contributed by atoms with Gasteiger partial charge in [0.1, 0.15) is 5.60 Å². The van der Waals surface area contributed by atoms with E-state index in [0.29, 0.717) is 13.0 Å². The fourth-order valence-electron chi connectivity index (χ4n) is 1.95. The van der Waals surface area contributed by atoms with Gasteiger partial charge in [-0.25, -0.2) is 4.79 Å². The van der Waals surface area contributed by atoms with Crippen LogP contribution >= 0.6 is 0 Å². The maximum absolute atomic E-state index is 11.8. The Morgan fingerprint density at radius 1 is 1.37 bits per heavy atom. The first-order chi connectivity index (χ1) is 8.74. The van der Waals surface area contributed by atoms with Crippen LogP contribution in [0.25, 0.3) is 0 Å². The minimum atomic E-state index is -0.902. The van der Waals surface area contributed by atoms with Gasteiger partial charge in [-0.15, -0.1) is 0 Å². The number of nitrogens with zero attached hydrogens (tertiary/aromatic N) is 1. The maximum atomic E-state index is 11.8. The number of aliphatic hydroxyl groups is 1. The van der Waals surface area contributed by atoms with Crippen molar-refractivity contribution in [3.05, 3.63) is 0 Å². The Bertz CT molecular complexity index is 336. The number of carbonyl (C=O) groups is 2. The van der Waals surface area contributed by atoms with Gasteiger partial charge in [-0.3, -0.25) is 4.79 Å². The van der Waals surface area contributed by atoms with Crippen LogP contribution < -0.4 is 0 Å². The van der Waals surface area contributed by atoms with Crippen molar-refractivity contribution in [2.24, 2.45) is 5.92 Å². The van der Waals surface area contributed by atoms with Gasteiger partial charge in [0.2, 0.25) is 0 Å². The van der Waals surface area contributed by atoms with Crippen LogP contribution in [-0.4, -0.2) is 53.5 Å². The van der Waals surface area contributed by atoms with Crippen LogP contribution in [-0.2, 0) is 14.3 Å². The van der Waals surface area contributed by atoms with Crippen molar-refractivity contribution in [1.82, 2.24) is 4.90 Å². The Labute approximate surface area is 113 Å². The first kappa shape index (κ1) is 15.8. The fourth-order valence-corrected chi connectivity index (χ4v) is 1.95. The highest BCUT2D eigenvalue weighted by molar-refractivity contribution is 5.74. The molecule has 1 aliphatic heterocycles. The van der Waals surface area contributed by atoms with Crippen LogP contribution in [0.5, 0.6) is 0 Å². The summed E-state index contributed by atoms with van der Waals surface area (Å²) in [6.45, 7) is 7.85. The van der Waals surface area contributed by atoms with E-state index in [0.717, 1.165) is 0 Å². The first-order valence-electron chi connectivity index (χ1n) is 6.57. The maximum Gasteiger partial charge on any atom is 0.410 e. The van der Waals surface area contributed by atoms with Crippen LogP contribution in [0.15, 0.2) is 0 Å². The summed E-state index contributed by atoms with van der Waals surface area (Å²) in [5, 5.41) is 9.93. The normalized spacial score (nSPS) is 23.9. The quantitative estimate of drug-likeness (QED) is 0.764. The average molecular weight is 273 g/mol. The molecule has 1 saturated heterocycles. The Kier molecular flexibility index (Phi) is 5.17. The minimum Gasteiger partial charge on any atom is -0.466 e. The van der Waals surface area contributed by atoms with Crippen LogP contribution in [0, 0.1) is 5.92 Å². The molecule has 0 spiro atoms. The molecule has 0 radical (unpaired) electrons. The minimum absolute atomic E-state index is 0.0956. The second kappa shape index (κ2) is 6.23. The molecule has 110 valence electrons. The highest BCUT2D eigenvalue weighted by Crippen LogP contribution is 2.21. The van der Waals surface area contributed by atoms with Crippen molar-refractivity contribution in [3.8, 4) is 0 Å². The van der Waals surface area contributed by atoms with E-state index in [9.17, 15) is 14.7 Å². The highest BCUT2D eigenvalue weighted by atomic mass is 16.6. The topological polar surface area (TPSA) is 76.1 Å². The van der Waals surface area contributed by atoms with Gasteiger partial charge in [-0.1, -0.05) is 0 Å². The number of amides is 1. The largest absolute Gasteiger partial charge is 0.466 e. The summed E-state index contributed by atoms with van der Waals surface area (Å²) in [6.07, 6.45) is -0.978. The SMILES string of the molecule is CCOC(=O)[C@@H]1CCN(C(=O)OC(C)(C)C)C[C@@H]1O. The zero-order valence-electron chi connectivity index (χ0n) is 12.0. The number of likely N-dealkylation sites (tertiary alicyclic amines) is 1. The van der Waals surface area contributed by atoms with Gasteiger partial charge in [0.05, 0.1) is 25.2 Å². The Balaban J connectivity index is 2.54. The number of β-amino-alcohol motifs (C(OH)–C–C–N with tert-alkyl or cyclic N) is 1. The van der Waals surface area contributed by atoms with E-state index in [1.54, 1.807) is 27.7 Å². The van der Waals surface area contributed by atoms with Gasteiger partial charge in [0.25, 0.3) is 0 Å². The van der Waals surface area contributed by atoms with E-state index in [4.69, 9.17) is 9.47 Å². The van der Waals surface area contributed by atoms with Gasteiger partial charge >= 0.3 is 12.1 Å². The monoisotopic (exact) mass is 273 g/mol. The Morgan fingerprint density at radius 3 is 2.47 bits per heavy atom. The molecule has 1 rings (SSSR count). The van der Waals surface area contributed by atoms with E-state index in [-0.39, 0.29) is 13.2 Å². The second-order valence-corrected chi connectivity index (χ2v) is 5.64. The number of hydrogen-bond acceptors (Lipinski definition) is 5. The number of aliphatic hydroxyl groups excluding tert-OH is 1. The lowest BCUT2D eigenvalue weighted by Crippen LogP contribution is -2.50. The molecule has 0 saturated carbocycles. The molecule has 0 aromatic rings. The molecular weight excluding hydrogens is 250 g/mol. The summed E-state index contributed by atoms with van der Waals surface area (Å²) in [5.74, 6) is -0.961. The highest BCUT2D eigenvalue weighted by Gasteiger charge is 2.36. The molecule has 1 heterocycles. The molecular formula is C13H23NO5. The first-order valence-corrected chi connectivity index (χ1v) is 6.57. The molecule has 1 fully saturated rings. The van der Waals surface area contributed by atoms with Crippen molar-refractivity contribution in [3.63, 3.8) is 0 Å². The third kappa shape index (κ3) is 4.70. The number of hydrogen-bond donors (Lipinski definition) is 1. The van der Waals surface area contributed by atoms with Gasteiger partial charge in [-0.05, 0) is 34.1 Å². The van der Waals surface area contributed by atoms with Gasteiger partial charge < -0.3 is 19.5 Å². The van der Waals surface area contributed by atoms with E-state index in [1.807, 2.05) is 0 Å². The third-order valence-electron chi connectivity index (χ3n) is 2.82. The molecule has 2 atom stereocenters. The third-order valence-corrected chi connectivity index (χ3v) is 2.82. The molecule has 0 aromatic carbocycles. The van der Waals surface area contributed by atoms with E-state index in [2.05, 4.69) is 0 Å². The van der Waals surface area contributed by atoms with Gasteiger partial charge in [-0.2, -0.15) is 0 Å². The lowest BCUT2D eigenvalue weighted by Gasteiger charge is -2.35. The summed E-state index contributed by atoms with van der Waals surface area (Å²) in [6, 6.07) is 0. The van der Waals surface area contributed by atoms with E-state index >= 15 is 0 Å². The molecule has 1 N–H and O–H groups in total. The average Bonchev–Trinajstić information content (AvgIpc) is 2.26. The summed E-state index contributed by atoms with van der Waals surface area (Å²) in [5.41, 5.74) is -0.569. The fraction of sp³-hybridized carbons (Fsp3) is 0.846. The zero-order valence-corrected chi connectivity index (χ0v) is 12.0. The van der Waals surface area contributed by atoms with Crippen molar-refractivity contribution >= 4 is 12.1 Å². The number of piperidine rings is 1. The van der Waals surface area contributed by atoms with Crippen molar-refractivity contribution in [2.45, 2.75) is 45.8 Å². The van der Waals surface area contributed by atoms with Gasteiger partial charge in [0.15, 0.2) is 0 Å². The Hall–Kier alpha value is -1.30. The molecule has 6 nitrogen and oxygen atoms in total. The number of rotatable bonds is 2. The number of esters is 1. The standard InChI is InChI=1S/C13H23NO5/c1-5-18-11(16)9-6-7-14(8-10(9)15)12(17)19-13(2,3)4/h9-10,15H,5-8H2,1-4H3/t9-,10+/m1/s1. The lowest BCUT2D eigenvalue weighted by molar-refractivity contribution is -0.154. The van der Waals surface area contributed by atoms with Crippen molar-refractivity contribution in [2.75, 3.05) is 19.7 Å².